The van der Waals surface area contributed by atoms with Crippen LogP contribution in [-0.2, 0) is 4.74 Å². The van der Waals surface area contributed by atoms with Gasteiger partial charge in [-0.2, -0.15) is 0 Å². The molecule has 0 radical (unpaired) electrons. The summed E-state index contributed by atoms with van der Waals surface area (Å²) in [5.41, 5.74) is -0.0763. The van der Waals surface area contributed by atoms with Crippen LogP contribution in [-0.4, -0.2) is 62.1 Å². The van der Waals surface area contributed by atoms with E-state index in [9.17, 15) is 14.9 Å². The number of pyridine rings is 1. The van der Waals surface area contributed by atoms with Crippen molar-refractivity contribution in [1.82, 2.24) is 9.88 Å². The van der Waals surface area contributed by atoms with E-state index in [2.05, 4.69) is 9.72 Å². The number of carbonyl (C=O) groups is 1. The summed E-state index contributed by atoms with van der Waals surface area (Å²) in [6.45, 7) is 1.45. The molecule has 1 aromatic rings. The van der Waals surface area contributed by atoms with Gasteiger partial charge in [0.2, 0.25) is 5.82 Å². The van der Waals surface area contributed by atoms with Crippen molar-refractivity contribution >= 4 is 17.5 Å². The maximum absolute atomic E-state index is 11.5. The molecule has 0 atom stereocenters. The number of nitro groups is 1. The number of anilines is 1. The van der Waals surface area contributed by atoms with E-state index in [1.165, 1.54) is 19.2 Å². The van der Waals surface area contributed by atoms with E-state index < -0.39 is 10.9 Å². The fraction of sp³-hybridized carbons (Fsp3) is 0.538. The van der Waals surface area contributed by atoms with Gasteiger partial charge in [0.05, 0.1) is 12.0 Å². The minimum absolute atomic E-state index is 0.0533. The highest BCUT2D eigenvalue weighted by molar-refractivity contribution is 5.88. The predicted octanol–water partition coefficient (Wildman–Crippen LogP) is 1.16. The van der Waals surface area contributed by atoms with E-state index in [4.69, 9.17) is 0 Å². The molecule has 116 valence electrons. The van der Waals surface area contributed by atoms with E-state index in [0.717, 1.165) is 13.0 Å². The van der Waals surface area contributed by atoms with E-state index in [1.54, 1.807) is 11.9 Å². The SMILES string of the molecule is COC(=O)c1ccc([N+](=O)[O-])c(N(C)CCCN(C)C)n1. The number of nitrogens with zero attached hydrogens (tertiary/aromatic N) is 4. The van der Waals surface area contributed by atoms with Crippen LogP contribution in [0.3, 0.4) is 0 Å². The normalized spacial score (nSPS) is 10.5. The lowest BCUT2D eigenvalue weighted by Crippen LogP contribution is -2.25. The molecule has 0 aliphatic carbocycles. The molecule has 0 bridgehead atoms. The van der Waals surface area contributed by atoms with Crippen molar-refractivity contribution in [3.63, 3.8) is 0 Å². The zero-order chi connectivity index (χ0) is 16.0. The zero-order valence-corrected chi connectivity index (χ0v) is 12.7. The first-order valence-corrected chi connectivity index (χ1v) is 6.46. The van der Waals surface area contributed by atoms with Crippen molar-refractivity contribution < 1.29 is 14.5 Å². The highest BCUT2D eigenvalue weighted by Gasteiger charge is 2.21. The highest BCUT2D eigenvalue weighted by atomic mass is 16.6. The van der Waals surface area contributed by atoms with Gasteiger partial charge in [0, 0.05) is 19.7 Å². The molecule has 0 N–H and O–H groups in total. The second-order valence-electron chi connectivity index (χ2n) is 4.87. The molecule has 0 unspecified atom stereocenters. The summed E-state index contributed by atoms with van der Waals surface area (Å²) in [5, 5.41) is 11.1. The Hall–Kier alpha value is -2.22. The van der Waals surface area contributed by atoms with Gasteiger partial charge in [-0.25, -0.2) is 9.78 Å². The van der Waals surface area contributed by atoms with Gasteiger partial charge in [-0.05, 0) is 33.1 Å². The quantitative estimate of drug-likeness (QED) is 0.424. The molecule has 1 rings (SSSR count). The van der Waals surface area contributed by atoms with Gasteiger partial charge >= 0.3 is 11.7 Å². The van der Waals surface area contributed by atoms with Crippen LogP contribution in [0.25, 0.3) is 0 Å². The lowest BCUT2D eigenvalue weighted by molar-refractivity contribution is -0.384. The van der Waals surface area contributed by atoms with E-state index in [1.807, 2.05) is 19.0 Å². The third-order valence-electron chi connectivity index (χ3n) is 2.91. The molecule has 0 saturated carbocycles. The highest BCUT2D eigenvalue weighted by Crippen LogP contribution is 2.25. The Balaban J connectivity index is 2.99. The smallest absolute Gasteiger partial charge is 0.356 e. The minimum Gasteiger partial charge on any atom is -0.464 e. The summed E-state index contributed by atoms with van der Waals surface area (Å²) < 4.78 is 4.59. The number of carbonyl (C=O) groups excluding carboxylic acids is 1. The summed E-state index contributed by atoms with van der Waals surface area (Å²) >= 11 is 0. The van der Waals surface area contributed by atoms with Gasteiger partial charge in [-0.3, -0.25) is 10.1 Å². The Morgan fingerprint density at radius 3 is 2.52 bits per heavy atom. The third-order valence-corrected chi connectivity index (χ3v) is 2.91. The monoisotopic (exact) mass is 296 g/mol. The van der Waals surface area contributed by atoms with Crippen LogP contribution in [0.4, 0.5) is 11.5 Å². The second-order valence-corrected chi connectivity index (χ2v) is 4.87. The Morgan fingerprint density at radius 2 is 2.00 bits per heavy atom. The van der Waals surface area contributed by atoms with Crippen LogP contribution in [0.15, 0.2) is 12.1 Å². The molecule has 0 saturated heterocycles. The standard InChI is InChI=1S/C13H20N4O4/c1-15(2)8-5-9-16(3)12-11(17(19)20)7-6-10(14-12)13(18)21-4/h6-7H,5,8-9H2,1-4H3. The molecule has 0 aliphatic heterocycles. The third kappa shape index (κ3) is 4.67. The predicted molar refractivity (Wildman–Crippen MR) is 78.7 cm³/mol. The van der Waals surface area contributed by atoms with Crippen molar-refractivity contribution in [3.8, 4) is 0 Å². The topological polar surface area (TPSA) is 88.8 Å². The summed E-state index contributed by atoms with van der Waals surface area (Å²) in [6.07, 6.45) is 0.824. The molecule has 0 fully saturated rings. The van der Waals surface area contributed by atoms with E-state index in [0.29, 0.717) is 6.54 Å². The molecule has 0 amide bonds. The Labute approximate surface area is 123 Å². The Kier molecular flexibility index (Phi) is 6.04. The Bertz CT molecular complexity index is 519. The van der Waals surface area contributed by atoms with Gasteiger partial charge < -0.3 is 14.5 Å². The first-order valence-electron chi connectivity index (χ1n) is 6.46. The van der Waals surface area contributed by atoms with Crippen LogP contribution in [0.2, 0.25) is 0 Å². The van der Waals surface area contributed by atoms with Crippen LogP contribution >= 0.6 is 0 Å². The molecule has 0 spiro atoms. The lowest BCUT2D eigenvalue weighted by Gasteiger charge is -2.19. The Morgan fingerprint density at radius 1 is 1.33 bits per heavy atom. The maximum Gasteiger partial charge on any atom is 0.356 e. The minimum atomic E-state index is -0.618. The molecule has 1 aromatic heterocycles. The fourth-order valence-electron chi connectivity index (χ4n) is 1.81. The van der Waals surface area contributed by atoms with Crippen LogP contribution in [0.5, 0.6) is 0 Å². The number of methoxy groups -OCH3 is 1. The van der Waals surface area contributed by atoms with Crippen molar-refractivity contribution in [1.29, 1.82) is 0 Å². The van der Waals surface area contributed by atoms with Gasteiger partial charge in [-0.1, -0.05) is 0 Å². The molecular weight excluding hydrogens is 276 g/mol. The van der Waals surface area contributed by atoms with Crippen LogP contribution in [0, 0.1) is 10.1 Å². The summed E-state index contributed by atoms with van der Waals surface area (Å²) in [6, 6.07) is 2.57. The summed E-state index contributed by atoms with van der Waals surface area (Å²) in [5.74, 6) is -0.450. The van der Waals surface area contributed by atoms with Crippen molar-refractivity contribution in [2.75, 3.05) is 46.2 Å². The number of rotatable bonds is 7. The fourth-order valence-corrected chi connectivity index (χ4v) is 1.81. The number of aromatic nitrogens is 1. The van der Waals surface area contributed by atoms with E-state index in [-0.39, 0.29) is 17.2 Å². The summed E-state index contributed by atoms with van der Waals surface area (Å²) in [4.78, 5) is 29.8. The average molecular weight is 296 g/mol. The maximum atomic E-state index is 11.5. The first kappa shape index (κ1) is 16.8. The average Bonchev–Trinajstić information content (AvgIpc) is 2.45. The largest absolute Gasteiger partial charge is 0.464 e. The molecule has 21 heavy (non-hydrogen) atoms. The van der Waals surface area contributed by atoms with Gasteiger partial charge in [0.1, 0.15) is 0 Å². The number of ether oxygens (including phenoxy) is 1. The summed E-state index contributed by atoms with van der Waals surface area (Å²) in [7, 11) is 6.87. The zero-order valence-electron chi connectivity index (χ0n) is 12.7. The molecule has 0 aliphatic rings. The van der Waals surface area contributed by atoms with Crippen LogP contribution in [0.1, 0.15) is 16.9 Å². The molecular formula is C13H20N4O4. The van der Waals surface area contributed by atoms with Gasteiger partial charge in [0.25, 0.3) is 0 Å². The second kappa shape index (κ2) is 7.53. The molecule has 0 aromatic carbocycles. The van der Waals surface area contributed by atoms with Gasteiger partial charge in [-0.15, -0.1) is 0 Å². The van der Waals surface area contributed by atoms with Crippen LogP contribution < -0.4 is 4.90 Å². The van der Waals surface area contributed by atoms with Crippen molar-refractivity contribution in [3.05, 3.63) is 27.9 Å². The molecule has 1 heterocycles. The first-order chi connectivity index (χ1) is 9.86. The molecule has 8 nitrogen and oxygen atoms in total. The molecule has 8 heteroatoms. The van der Waals surface area contributed by atoms with Crippen molar-refractivity contribution in [2.24, 2.45) is 0 Å². The lowest BCUT2D eigenvalue weighted by atomic mass is 10.3. The number of esters is 1. The number of hydrogen-bond donors (Lipinski definition) is 0. The van der Waals surface area contributed by atoms with E-state index >= 15 is 0 Å². The van der Waals surface area contributed by atoms with Crippen molar-refractivity contribution in [2.45, 2.75) is 6.42 Å². The van der Waals surface area contributed by atoms with Gasteiger partial charge in [0.15, 0.2) is 5.69 Å². The number of hydrogen-bond acceptors (Lipinski definition) is 7.